The summed E-state index contributed by atoms with van der Waals surface area (Å²) in [5, 5.41) is 11.6. The van der Waals surface area contributed by atoms with Crippen LogP contribution in [0, 0.1) is 34.5 Å². The third-order valence-electron chi connectivity index (χ3n) is 12.4. The van der Waals surface area contributed by atoms with Gasteiger partial charge in [0.15, 0.2) is 5.78 Å². The van der Waals surface area contributed by atoms with Gasteiger partial charge in [-0.05, 0) is 106 Å². The van der Waals surface area contributed by atoms with Crippen LogP contribution in [0.1, 0.15) is 156 Å². The fourth-order valence-electron chi connectivity index (χ4n) is 9.90. The third-order valence-corrected chi connectivity index (χ3v) is 12.4. The number of hydrogen-bond donors (Lipinski definition) is 1. The van der Waals surface area contributed by atoms with Crippen LogP contribution in [-0.4, -0.2) is 22.8 Å². The first-order valence-electron chi connectivity index (χ1n) is 18.7. The van der Waals surface area contributed by atoms with Gasteiger partial charge in [0.1, 0.15) is 5.78 Å². The molecule has 0 bridgehead atoms. The van der Waals surface area contributed by atoms with Gasteiger partial charge in [0.05, 0.1) is 6.10 Å². The maximum absolute atomic E-state index is 13.6. The van der Waals surface area contributed by atoms with Gasteiger partial charge in [-0.2, -0.15) is 0 Å². The van der Waals surface area contributed by atoms with Crippen LogP contribution in [0.3, 0.4) is 0 Å². The molecule has 4 aliphatic rings. The molecule has 0 heterocycles. The Morgan fingerprint density at radius 1 is 0.909 bits per heavy atom. The number of unbranched alkanes of at least 4 members (excludes halogenated alkanes) is 11. The number of carbonyl (C=O) groups excluding carboxylic acids is 2. The molecule has 0 aliphatic heterocycles. The average molecular weight is 605 g/mol. The molecule has 3 fully saturated rings. The molecule has 0 aromatic rings. The topological polar surface area (TPSA) is 54.4 Å². The van der Waals surface area contributed by atoms with Crippen LogP contribution < -0.4 is 0 Å². The number of hydrogen-bond acceptors (Lipinski definition) is 3. The molecule has 7 unspecified atom stereocenters. The minimum Gasteiger partial charge on any atom is -0.393 e. The van der Waals surface area contributed by atoms with Crippen molar-refractivity contribution in [3.8, 4) is 0 Å². The van der Waals surface area contributed by atoms with Gasteiger partial charge in [-0.15, -0.1) is 0 Å². The van der Waals surface area contributed by atoms with Crippen molar-refractivity contribution in [3.63, 3.8) is 0 Å². The number of allylic oxidation sites excluding steroid dienone is 7. The van der Waals surface area contributed by atoms with Gasteiger partial charge in [-0.25, -0.2) is 0 Å². The molecule has 0 aromatic carbocycles. The molecule has 0 radical (unpaired) electrons. The van der Waals surface area contributed by atoms with Gasteiger partial charge < -0.3 is 5.11 Å². The first-order valence-corrected chi connectivity index (χ1v) is 18.7. The van der Waals surface area contributed by atoms with Crippen LogP contribution in [0.2, 0.25) is 0 Å². The maximum atomic E-state index is 13.6. The molecular formula is C41H64O3. The van der Waals surface area contributed by atoms with Crippen molar-refractivity contribution in [2.24, 2.45) is 34.5 Å². The van der Waals surface area contributed by atoms with Crippen LogP contribution in [-0.2, 0) is 9.59 Å². The zero-order valence-electron chi connectivity index (χ0n) is 28.6. The molecule has 246 valence electrons. The molecule has 3 heteroatoms. The van der Waals surface area contributed by atoms with Crippen molar-refractivity contribution in [3.05, 3.63) is 48.1 Å². The maximum Gasteiger partial charge on any atom is 0.178 e. The lowest BCUT2D eigenvalue weighted by Gasteiger charge is -2.58. The van der Waals surface area contributed by atoms with E-state index in [0.717, 1.165) is 51.4 Å². The number of rotatable bonds is 19. The second kappa shape index (κ2) is 16.7. The molecule has 7 atom stereocenters. The highest BCUT2D eigenvalue weighted by atomic mass is 16.3. The van der Waals surface area contributed by atoms with Crippen LogP contribution in [0.4, 0.5) is 0 Å². The number of carbonyl (C=O) groups is 2. The molecule has 1 N–H and O–H groups in total. The largest absolute Gasteiger partial charge is 0.393 e. The van der Waals surface area contributed by atoms with E-state index in [0.29, 0.717) is 30.5 Å². The molecule has 0 spiro atoms. The number of aliphatic hydroxyl groups is 1. The van der Waals surface area contributed by atoms with E-state index >= 15 is 0 Å². The summed E-state index contributed by atoms with van der Waals surface area (Å²) in [6.07, 6.45) is 34.3. The van der Waals surface area contributed by atoms with E-state index in [1.807, 2.05) is 6.08 Å². The van der Waals surface area contributed by atoms with Crippen molar-refractivity contribution >= 4 is 11.6 Å². The van der Waals surface area contributed by atoms with Crippen LogP contribution in [0.5, 0.6) is 0 Å². The molecule has 0 saturated heterocycles. The predicted octanol–water partition coefficient (Wildman–Crippen LogP) is 10.8. The standard InChI is InChI=1S/C41H64O3/c1-5-6-7-8-9-10-11-12-13-14-15-16-17-18-19-20-31(2)21-26-37(43)36-25-24-35-34-23-22-32-29-33(42)27-28-40(32,3)39(34)38(44)30-41(35,36)4/h15-16,27-29,34-36,38-39,44H,2,5-14,17-26,30H2,1,3-4H3/b16-15-. The van der Waals surface area contributed by atoms with E-state index < -0.39 is 6.10 Å². The zero-order chi connectivity index (χ0) is 31.6. The van der Waals surface area contributed by atoms with Gasteiger partial charge in [-0.3, -0.25) is 9.59 Å². The van der Waals surface area contributed by atoms with Gasteiger partial charge in [-0.1, -0.05) is 108 Å². The van der Waals surface area contributed by atoms with Crippen LogP contribution in [0.15, 0.2) is 48.1 Å². The van der Waals surface area contributed by atoms with Crippen molar-refractivity contribution in [2.75, 3.05) is 0 Å². The summed E-state index contributed by atoms with van der Waals surface area (Å²) in [6, 6.07) is 0. The highest BCUT2D eigenvalue weighted by Crippen LogP contribution is 2.66. The Morgan fingerprint density at radius 3 is 2.27 bits per heavy atom. The van der Waals surface area contributed by atoms with Crippen molar-refractivity contribution < 1.29 is 14.7 Å². The van der Waals surface area contributed by atoms with E-state index in [4.69, 9.17) is 0 Å². The summed E-state index contributed by atoms with van der Waals surface area (Å²) in [5.74, 6) is 1.56. The Morgan fingerprint density at radius 2 is 1.57 bits per heavy atom. The highest BCUT2D eigenvalue weighted by Gasteiger charge is 2.62. The van der Waals surface area contributed by atoms with Crippen molar-refractivity contribution in [2.45, 2.75) is 162 Å². The summed E-state index contributed by atoms with van der Waals surface area (Å²) in [4.78, 5) is 25.7. The Labute approximate surface area is 270 Å². The first-order chi connectivity index (χ1) is 21.2. The number of fused-ring (bicyclic) bond motifs is 5. The summed E-state index contributed by atoms with van der Waals surface area (Å²) < 4.78 is 0. The number of aliphatic hydroxyl groups excluding tert-OH is 1. The van der Waals surface area contributed by atoms with Gasteiger partial charge >= 0.3 is 0 Å². The normalized spacial score (nSPS) is 32.8. The first kappa shape index (κ1) is 35.1. The lowest BCUT2D eigenvalue weighted by Crippen LogP contribution is -2.56. The quantitative estimate of drug-likeness (QED) is 0.118. The molecule has 3 saturated carbocycles. The zero-order valence-corrected chi connectivity index (χ0v) is 28.6. The second-order valence-electron chi connectivity index (χ2n) is 15.5. The van der Waals surface area contributed by atoms with Crippen LogP contribution >= 0.6 is 0 Å². The lowest BCUT2D eigenvalue weighted by atomic mass is 9.46. The fourth-order valence-corrected chi connectivity index (χ4v) is 9.90. The van der Waals surface area contributed by atoms with Crippen LogP contribution in [0.25, 0.3) is 0 Å². The Balaban J connectivity index is 1.11. The second-order valence-corrected chi connectivity index (χ2v) is 15.5. The van der Waals surface area contributed by atoms with Crippen molar-refractivity contribution in [1.82, 2.24) is 0 Å². The minimum absolute atomic E-state index is 0.0556. The predicted molar refractivity (Wildman–Crippen MR) is 184 cm³/mol. The summed E-state index contributed by atoms with van der Waals surface area (Å²) in [6.45, 7) is 11.1. The van der Waals surface area contributed by atoms with E-state index in [1.54, 1.807) is 6.08 Å². The summed E-state index contributed by atoms with van der Waals surface area (Å²) in [5.41, 5.74) is 2.06. The Bertz CT molecular complexity index is 1060. The monoisotopic (exact) mass is 604 g/mol. The molecule has 4 rings (SSSR count). The third kappa shape index (κ3) is 8.54. The highest BCUT2D eigenvalue weighted by molar-refractivity contribution is 6.01. The van der Waals surface area contributed by atoms with E-state index in [2.05, 4.69) is 45.6 Å². The van der Waals surface area contributed by atoms with Gasteiger partial charge in [0, 0.05) is 23.7 Å². The molecule has 0 amide bonds. The van der Waals surface area contributed by atoms with Crippen molar-refractivity contribution in [1.29, 1.82) is 0 Å². The van der Waals surface area contributed by atoms with E-state index in [9.17, 15) is 14.7 Å². The number of Topliss-reactive ketones (excluding diaryl/α,β-unsaturated/α-hetero) is 1. The molecule has 0 aromatic heterocycles. The molecule has 3 nitrogen and oxygen atoms in total. The van der Waals surface area contributed by atoms with E-state index in [-0.39, 0.29) is 28.4 Å². The summed E-state index contributed by atoms with van der Waals surface area (Å²) >= 11 is 0. The summed E-state index contributed by atoms with van der Waals surface area (Å²) in [7, 11) is 0. The van der Waals surface area contributed by atoms with Gasteiger partial charge in [0.25, 0.3) is 0 Å². The Hall–Kier alpha value is -1.74. The molecular weight excluding hydrogens is 540 g/mol. The minimum atomic E-state index is -0.435. The smallest absolute Gasteiger partial charge is 0.178 e. The van der Waals surface area contributed by atoms with E-state index in [1.165, 1.54) is 81.8 Å². The molecule has 4 aliphatic carbocycles. The van der Waals surface area contributed by atoms with Gasteiger partial charge in [0.2, 0.25) is 0 Å². The fraction of sp³-hybridized carbons (Fsp3) is 0.756. The molecule has 44 heavy (non-hydrogen) atoms. The lowest BCUT2D eigenvalue weighted by molar-refractivity contribution is -0.139. The SMILES string of the molecule is C=C(CCCC/C=C\CCCCCCCCCCC)CCC(=O)C1CCC2C3CCC4=CC(=O)C=CC4(C)C3C(O)CC12C. The Kier molecular flexibility index (Phi) is 13.3. The average Bonchev–Trinajstić information content (AvgIpc) is 3.34. The number of ketones is 2.